The molecule has 2 N–H and O–H groups in total. The number of hydrogen-bond donors (Lipinski definition) is 2. The number of piperazine rings is 1. The summed E-state index contributed by atoms with van der Waals surface area (Å²) in [5.41, 5.74) is 1.95. The Morgan fingerprint density at radius 2 is 1.54 bits per heavy atom. The number of nitrogens with zero attached hydrogens (tertiary/aromatic N) is 2. The van der Waals surface area contributed by atoms with Crippen molar-refractivity contribution in [2.45, 2.75) is 0 Å². The van der Waals surface area contributed by atoms with Crippen molar-refractivity contribution in [1.29, 1.82) is 0 Å². The fourth-order valence-corrected chi connectivity index (χ4v) is 3.21. The number of phenolic OH excluding ortho intramolecular Hbond substituents is 1. The predicted molar refractivity (Wildman–Crippen MR) is 108 cm³/mol. The predicted octanol–water partition coefficient (Wildman–Crippen LogP) is 2.93. The second-order valence-electron chi connectivity index (χ2n) is 6.02. The van der Waals surface area contributed by atoms with Crippen molar-refractivity contribution in [3.8, 4) is 17.2 Å². The smallest absolute Gasteiger partial charge is 0.173 e. The van der Waals surface area contributed by atoms with Gasteiger partial charge in [-0.3, -0.25) is 0 Å². The second-order valence-corrected chi connectivity index (χ2v) is 6.41. The molecule has 0 spiro atoms. The van der Waals surface area contributed by atoms with Crippen LogP contribution in [0.2, 0.25) is 0 Å². The van der Waals surface area contributed by atoms with E-state index < -0.39 is 0 Å². The lowest BCUT2D eigenvalue weighted by Gasteiger charge is -2.37. The van der Waals surface area contributed by atoms with Crippen LogP contribution in [0.1, 0.15) is 0 Å². The summed E-state index contributed by atoms with van der Waals surface area (Å²) in [6.07, 6.45) is 0. The minimum atomic E-state index is 0.284. The van der Waals surface area contributed by atoms with Crippen molar-refractivity contribution in [2.24, 2.45) is 0 Å². The van der Waals surface area contributed by atoms with E-state index in [1.165, 1.54) is 0 Å². The van der Waals surface area contributed by atoms with Crippen LogP contribution in [0.25, 0.3) is 0 Å². The summed E-state index contributed by atoms with van der Waals surface area (Å²) >= 11 is 5.57. The highest BCUT2D eigenvalue weighted by atomic mass is 32.1. The number of thiocarbonyl (C=S) groups is 1. The molecule has 1 heterocycles. The molecule has 0 atom stereocenters. The molecule has 138 valence electrons. The van der Waals surface area contributed by atoms with Gasteiger partial charge in [-0.25, -0.2) is 0 Å². The molecular weight excluding hydrogens is 350 g/mol. The first-order chi connectivity index (χ1) is 12.6. The summed E-state index contributed by atoms with van der Waals surface area (Å²) in [6.45, 7) is 3.39. The number of anilines is 2. The van der Waals surface area contributed by atoms with Crippen LogP contribution in [0.4, 0.5) is 11.4 Å². The van der Waals surface area contributed by atoms with Gasteiger partial charge in [0.25, 0.3) is 0 Å². The van der Waals surface area contributed by atoms with Gasteiger partial charge >= 0.3 is 0 Å². The van der Waals surface area contributed by atoms with Gasteiger partial charge in [-0.15, -0.1) is 0 Å². The van der Waals surface area contributed by atoms with Gasteiger partial charge in [0.1, 0.15) is 17.2 Å². The molecule has 0 aromatic heterocycles. The van der Waals surface area contributed by atoms with Gasteiger partial charge in [0.05, 0.1) is 14.2 Å². The standard InChI is InChI=1S/C19H23N3O3S/c1-24-17-11-14(12-18(13-17)25-2)20-19(26)22-9-7-21(8-10-22)15-3-5-16(23)6-4-15/h3-6,11-13,23H,7-10H2,1-2H3,(H,20,26). The molecule has 2 aromatic carbocycles. The van der Waals surface area contributed by atoms with Crippen LogP contribution in [0, 0.1) is 0 Å². The molecule has 0 aliphatic carbocycles. The normalized spacial score (nSPS) is 14.1. The monoisotopic (exact) mass is 373 g/mol. The van der Waals surface area contributed by atoms with Gasteiger partial charge in [0.15, 0.2) is 5.11 Å². The third-order valence-electron chi connectivity index (χ3n) is 4.38. The summed E-state index contributed by atoms with van der Waals surface area (Å²) < 4.78 is 10.6. The minimum absolute atomic E-state index is 0.284. The van der Waals surface area contributed by atoms with E-state index in [4.69, 9.17) is 21.7 Å². The summed E-state index contributed by atoms with van der Waals surface area (Å²) in [7, 11) is 3.25. The first-order valence-corrected chi connectivity index (χ1v) is 8.83. The molecular formula is C19H23N3O3S. The molecule has 7 heteroatoms. The fraction of sp³-hybridized carbons (Fsp3) is 0.316. The zero-order valence-electron chi connectivity index (χ0n) is 14.9. The highest BCUT2D eigenvalue weighted by Gasteiger charge is 2.19. The van der Waals surface area contributed by atoms with Gasteiger partial charge in [-0.05, 0) is 36.5 Å². The maximum absolute atomic E-state index is 9.41. The molecule has 0 bridgehead atoms. The lowest BCUT2D eigenvalue weighted by atomic mass is 10.2. The Morgan fingerprint density at radius 3 is 2.08 bits per heavy atom. The number of methoxy groups -OCH3 is 2. The zero-order chi connectivity index (χ0) is 18.5. The maximum Gasteiger partial charge on any atom is 0.173 e. The minimum Gasteiger partial charge on any atom is -0.508 e. The Bertz CT molecular complexity index is 737. The summed E-state index contributed by atoms with van der Waals surface area (Å²) in [5.74, 6) is 1.71. The number of hydrogen-bond acceptors (Lipinski definition) is 5. The number of aromatic hydroxyl groups is 1. The van der Waals surface area contributed by atoms with Gasteiger partial charge < -0.3 is 29.7 Å². The van der Waals surface area contributed by atoms with E-state index in [9.17, 15) is 5.11 Å². The lowest BCUT2D eigenvalue weighted by molar-refractivity contribution is 0.390. The topological polar surface area (TPSA) is 57.2 Å². The van der Waals surface area contributed by atoms with E-state index in [-0.39, 0.29) is 5.75 Å². The van der Waals surface area contributed by atoms with Gasteiger partial charge in [-0.1, -0.05) is 0 Å². The number of phenols is 1. The zero-order valence-corrected chi connectivity index (χ0v) is 15.8. The summed E-state index contributed by atoms with van der Waals surface area (Å²) in [6, 6.07) is 12.9. The first kappa shape index (κ1) is 18.1. The number of benzene rings is 2. The van der Waals surface area contributed by atoms with Gasteiger partial charge in [0.2, 0.25) is 0 Å². The summed E-state index contributed by atoms with van der Waals surface area (Å²) in [5, 5.41) is 13.4. The quantitative estimate of drug-likeness (QED) is 0.799. The van der Waals surface area contributed by atoms with E-state index in [0.29, 0.717) is 16.6 Å². The molecule has 0 unspecified atom stereocenters. The lowest BCUT2D eigenvalue weighted by Crippen LogP contribution is -2.50. The van der Waals surface area contributed by atoms with Crippen molar-refractivity contribution >= 4 is 28.7 Å². The molecule has 1 aliphatic heterocycles. The molecule has 26 heavy (non-hydrogen) atoms. The van der Waals surface area contributed by atoms with E-state index >= 15 is 0 Å². The Morgan fingerprint density at radius 1 is 0.962 bits per heavy atom. The maximum atomic E-state index is 9.41. The van der Waals surface area contributed by atoms with E-state index in [1.807, 2.05) is 30.3 Å². The number of rotatable bonds is 4. The Hall–Kier alpha value is -2.67. The molecule has 0 saturated carbocycles. The van der Waals surface area contributed by atoms with Crippen molar-refractivity contribution in [1.82, 2.24) is 4.90 Å². The molecule has 1 saturated heterocycles. The Labute approximate surface area is 158 Å². The van der Waals surface area contributed by atoms with Crippen LogP contribution in [-0.2, 0) is 0 Å². The largest absolute Gasteiger partial charge is 0.508 e. The fourth-order valence-electron chi connectivity index (χ4n) is 2.91. The highest BCUT2D eigenvalue weighted by Crippen LogP contribution is 2.26. The third-order valence-corrected chi connectivity index (χ3v) is 4.74. The van der Waals surface area contributed by atoms with Gasteiger partial charge in [-0.2, -0.15) is 0 Å². The van der Waals surface area contributed by atoms with E-state index in [0.717, 1.165) is 37.6 Å². The average Bonchev–Trinajstić information content (AvgIpc) is 2.68. The molecule has 2 aromatic rings. The van der Waals surface area contributed by atoms with Crippen LogP contribution < -0.4 is 19.7 Å². The van der Waals surface area contributed by atoms with Crippen LogP contribution in [0.3, 0.4) is 0 Å². The SMILES string of the molecule is COc1cc(NC(=S)N2CCN(c3ccc(O)cc3)CC2)cc(OC)c1. The molecule has 0 amide bonds. The number of nitrogens with one attached hydrogen (secondary N) is 1. The van der Waals surface area contributed by atoms with E-state index in [1.54, 1.807) is 26.4 Å². The van der Waals surface area contributed by atoms with E-state index in [2.05, 4.69) is 15.1 Å². The Balaban J connectivity index is 1.59. The van der Waals surface area contributed by atoms with Crippen LogP contribution in [-0.4, -0.2) is 55.5 Å². The van der Waals surface area contributed by atoms with Crippen LogP contribution >= 0.6 is 12.2 Å². The van der Waals surface area contributed by atoms with Crippen molar-refractivity contribution in [3.05, 3.63) is 42.5 Å². The van der Waals surface area contributed by atoms with Gasteiger partial charge in [0, 0.05) is 55.8 Å². The number of ether oxygens (including phenoxy) is 2. The molecule has 1 fully saturated rings. The first-order valence-electron chi connectivity index (χ1n) is 8.42. The van der Waals surface area contributed by atoms with Crippen LogP contribution in [0.15, 0.2) is 42.5 Å². The van der Waals surface area contributed by atoms with Crippen molar-refractivity contribution < 1.29 is 14.6 Å². The third kappa shape index (κ3) is 4.29. The highest BCUT2D eigenvalue weighted by molar-refractivity contribution is 7.80. The average molecular weight is 373 g/mol. The molecule has 1 aliphatic rings. The second kappa shape index (κ2) is 8.14. The summed E-state index contributed by atoms with van der Waals surface area (Å²) in [4.78, 5) is 4.44. The Kier molecular flexibility index (Phi) is 5.68. The molecule has 6 nitrogen and oxygen atoms in total. The van der Waals surface area contributed by atoms with Crippen molar-refractivity contribution in [2.75, 3.05) is 50.6 Å². The van der Waals surface area contributed by atoms with Crippen molar-refractivity contribution in [3.63, 3.8) is 0 Å². The molecule has 3 rings (SSSR count). The van der Waals surface area contributed by atoms with Crippen LogP contribution in [0.5, 0.6) is 17.2 Å². The molecule has 0 radical (unpaired) electrons.